The molecule has 26 heavy (non-hydrogen) atoms. The number of furan rings is 1. The Hall–Kier alpha value is -1.82. The van der Waals surface area contributed by atoms with Crippen LogP contribution in [0.4, 0.5) is 0 Å². The summed E-state index contributed by atoms with van der Waals surface area (Å²) in [4.78, 5) is 29.1. The van der Waals surface area contributed by atoms with E-state index < -0.39 is 0 Å². The quantitative estimate of drug-likeness (QED) is 0.790. The van der Waals surface area contributed by atoms with Crippen molar-refractivity contribution in [3.8, 4) is 0 Å². The predicted molar refractivity (Wildman–Crippen MR) is 99.8 cm³/mol. The molecule has 2 fully saturated rings. The zero-order chi connectivity index (χ0) is 18.4. The van der Waals surface area contributed by atoms with Crippen molar-refractivity contribution in [1.29, 1.82) is 0 Å². The van der Waals surface area contributed by atoms with Gasteiger partial charge in [-0.2, -0.15) is 0 Å². The molecule has 1 atom stereocenters. The highest BCUT2D eigenvalue weighted by molar-refractivity contribution is 5.92. The van der Waals surface area contributed by atoms with Crippen LogP contribution in [-0.4, -0.2) is 60.9 Å². The number of carbonyl (C=O) groups excluding carboxylic acids is 2. The van der Waals surface area contributed by atoms with E-state index in [2.05, 4.69) is 17.1 Å². The molecule has 0 radical (unpaired) electrons. The van der Waals surface area contributed by atoms with Crippen LogP contribution in [0.3, 0.4) is 0 Å². The lowest BCUT2D eigenvalue weighted by Gasteiger charge is -2.32. The Morgan fingerprint density at radius 1 is 1.23 bits per heavy atom. The van der Waals surface area contributed by atoms with E-state index in [0.29, 0.717) is 25.4 Å². The molecule has 2 aliphatic heterocycles. The highest BCUT2D eigenvalue weighted by atomic mass is 16.3. The van der Waals surface area contributed by atoms with E-state index in [4.69, 9.17) is 4.42 Å². The monoisotopic (exact) mass is 361 g/mol. The fourth-order valence-electron chi connectivity index (χ4n) is 3.88. The van der Waals surface area contributed by atoms with E-state index in [1.807, 2.05) is 0 Å². The number of nitrogens with one attached hydrogen (secondary N) is 1. The second kappa shape index (κ2) is 9.21. The molecule has 0 saturated carbocycles. The van der Waals surface area contributed by atoms with Gasteiger partial charge in [-0.1, -0.05) is 6.92 Å². The van der Waals surface area contributed by atoms with E-state index in [9.17, 15) is 9.59 Å². The zero-order valence-corrected chi connectivity index (χ0v) is 15.8. The van der Waals surface area contributed by atoms with Crippen LogP contribution >= 0.6 is 0 Å². The molecule has 3 rings (SSSR count). The van der Waals surface area contributed by atoms with E-state index in [1.165, 1.54) is 32.2 Å². The van der Waals surface area contributed by atoms with Crippen LogP contribution in [0.1, 0.15) is 49.6 Å². The molecule has 2 saturated heterocycles. The van der Waals surface area contributed by atoms with Gasteiger partial charge in [0.05, 0.1) is 12.2 Å². The fourth-order valence-corrected chi connectivity index (χ4v) is 3.88. The van der Waals surface area contributed by atoms with Crippen LogP contribution < -0.4 is 5.32 Å². The SMILES string of the molecule is CC1CCN(CCCNC(=O)C2CCCN(C(=O)c3ccco3)C2)CC1. The highest BCUT2D eigenvalue weighted by Crippen LogP contribution is 2.19. The molecule has 1 aromatic rings. The maximum Gasteiger partial charge on any atom is 0.289 e. The minimum Gasteiger partial charge on any atom is -0.459 e. The van der Waals surface area contributed by atoms with Gasteiger partial charge in [0.1, 0.15) is 0 Å². The van der Waals surface area contributed by atoms with Crippen molar-refractivity contribution in [2.75, 3.05) is 39.3 Å². The van der Waals surface area contributed by atoms with Gasteiger partial charge in [0.25, 0.3) is 5.91 Å². The Labute approximate surface area is 155 Å². The lowest BCUT2D eigenvalue weighted by molar-refractivity contribution is -0.126. The van der Waals surface area contributed by atoms with Crippen LogP contribution in [0, 0.1) is 11.8 Å². The van der Waals surface area contributed by atoms with Crippen LogP contribution in [0.15, 0.2) is 22.8 Å². The summed E-state index contributed by atoms with van der Waals surface area (Å²) in [5.41, 5.74) is 0. The maximum atomic E-state index is 12.5. The highest BCUT2D eigenvalue weighted by Gasteiger charge is 2.29. The van der Waals surface area contributed by atoms with Gasteiger partial charge in [0.2, 0.25) is 5.91 Å². The minimum absolute atomic E-state index is 0.0780. The molecule has 1 unspecified atom stereocenters. The van der Waals surface area contributed by atoms with Gasteiger partial charge in [0, 0.05) is 19.6 Å². The number of carbonyl (C=O) groups is 2. The third-order valence-electron chi connectivity index (χ3n) is 5.64. The Morgan fingerprint density at radius 3 is 2.77 bits per heavy atom. The number of rotatable bonds is 6. The summed E-state index contributed by atoms with van der Waals surface area (Å²) in [6.07, 6.45) is 6.77. The van der Waals surface area contributed by atoms with Crippen molar-refractivity contribution in [2.24, 2.45) is 11.8 Å². The minimum atomic E-state index is -0.119. The van der Waals surface area contributed by atoms with Crippen molar-refractivity contribution in [3.63, 3.8) is 0 Å². The molecule has 0 aliphatic carbocycles. The molecule has 1 N–H and O–H groups in total. The van der Waals surface area contributed by atoms with Gasteiger partial charge in [-0.3, -0.25) is 9.59 Å². The zero-order valence-electron chi connectivity index (χ0n) is 15.8. The summed E-state index contributed by atoms with van der Waals surface area (Å²) in [6, 6.07) is 3.39. The second-order valence-electron chi connectivity index (χ2n) is 7.74. The first-order chi connectivity index (χ1) is 12.6. The number of hydrogen-bond donors (Lipinski definition) is 1. The first-order valence-electron chi connectivity index (χ1n) is 9.96. The van der Waals surface area contributed by atoms with Gasteiger partial charge in [-0.05, 0) is 69.8 Å². The number of amides is 2. The number of piperidine rings is 2. The molecule has 2 aliphatic rings. The van der Waals surface area contributed by atoms with Crippen molar-refractivity contribution < 1.29 is 14.0 Å². The Balaban J connectivity index is 1.37. The molecule has 3 heterocycles. The van der Waals surface area contributed by atoms with Crippen molar-refractivity contribution in [2.45, 2.75) is 39.0 Å². The molecular weight excluding hydrogens is 330 g/mol. The molecule has 1 aromatic heterocycles. The standard InChI is InChI=1S/C20H31N3O3/c1-16-7-12-22(13-8-16)10-4-9-21-19(24)17-5-2-11-23(15-17)20(25)18-6-3-14-26-18/h3,6,14,16-17H,2,4-5,7-13,15H2,1H3,(H,21,24). The topological polar surface area (TPSA) is 65.8 Å². The normalized spacial score (nSPS) is 22.3. The summed E-state index contributed by atoms with van der Waals surface area (Å²) in [7, 11) is 0. The lowest BCUT2D eigenvalue weighted by Crippen LogP contribution is -2.45. The van der Waals surface area contributed by atoms with Crippen LogP contribution in [0.5, 0.6) is 0 Å². The summed E-state index contributed by atoms with van der Waals surface area (Å²) in [5.74, 6) is 1.05. The number of hydrogen-bond acceptors (Lipinski definition) is 4. The molecule has 6 heteroatoms. The van der Waals surface area contributed by atoms with Crippen molar-refractivity contribution in [3.05, 3.63) is 24.2 Å². The molecule has 144 valence electrons. The molecule has 0 bridgehead atoms. The smallest absolute Gasteiger partial charge is 0.289 e. The second-order valence-corrected chi connectivity index (χ2v) is 7.74. The molecule has 2 amide bonds. The van der Waals surface area contributed by atoms with Gasteiger partial charge >= 0.3 is 0 Å². The number of nitrogens with zero attached hydrogens (tertiary/aromatic N) is 2. The predicted octanol–water partition coefficient (Wildman–Crippen LogP) is 2.37. The first-order valence-corrected chi connectivity index (χ1v) is 9.96. The van der Waals surface area contributed by atoms with Crippen molar-refractivity contribution >= 4 is 11.8 Å². The van der Waals surface area contributed by atoms with Gasteiger partial charge in [0.15, 0.2) is 5.76 Å². The van der Waals surface area contributed by atoms with Gasteiger partial charge in [-0.25, -0.2) is 0 Å². The Morgan fingerprint density at radius 2 is 2.04 bits per heavy atom. The molecule has 0 spiro atoms. The summed E-state index contributed by atoms with van der Waals surface area (Å²) in [6.45, 7) is 7.63. The Bertz CT molecular complexity index is 579. The third kappa shape index (κ3) is 5.10. The maximum absolute atomic E-state index is 12.5. The van der Waals surface area contributed by atoms with E-state index in [1.54, 1.807) is 17.0 Å². The molecule has 0 aromatic carbocycles. The fraction of sp³-hybridized carbons (Fsp3) is 0.700. The summed E-state index contributed by atoms with van der Waals surface area (Å²) >= 11 is 0. The number of likely N-dealkylation sites (tertiary alicyclic amines) is 2. The van der Waals surface area contributed by atoms with E-state index >= 15 is 0 Å². The largest absolute Gasteiger partial charge is 0.459 e. The van der Waals surface area contributed by atoms with Crippen molar-refractivity contribution in [1.82, 2.24) is 15.1 Å². The van der Waals surface area contributed by atoms with Gasteiger partial charge < -0.3 is 19.5 Å². The average Bonchev–Trinajstić information content (AvgIpc) is 3.21. The average molecular weight is 361 g/mol. The first kappa shape index (κ1) is 19.0. The molecule has 6 nitrogen and oxygen atoms in total. The van der Waals surface area contributed by atoms with E-state index in [0.717, 1.165) is 31.7 Å². The van der Waals surface area contributed by atoms with Crippen LogP contribution in [0.2, 0.25) is 0 Å². The van der Waals surface area contributed by atoms with Gasteiger partial charge in [-0.15, -0.1) is 0 Å². The van der Waals surface area contributed by atoms with Crippen LogP contribution in [-0.2, 0) is 4.79 Å². The van der Waals surface area contributed by atoms with Crippen LogP contribution in [0.25, 0.3) is 0 Å². The third-order valence-corrected chi connectivity index (χ3v) is 5.64. The van der Waals surface area contributed by atoms with E-state index in [-0.39, 0.29) is 17.7 Å². The summed E-state index contributed by atoms with van der Waals surface area (Å²) in [5, 5.41) is 3.07. The summed E-state index contributed by atoms with van der Waals surface area (Å²) < 4.78 is 5.19. The molecular formula is C20H31N3O3. The Kier molecular flexibility index (Phi) is 6.72. The lowest BCUT2D eigenvalue weighted by atomic mass is 9.97.